The lowest BCUT2D eigenvalue weighted by molar-refractivity contribution is -0.0568. The van der Waals surface area contributed by atoms with Crippen molar-refractivity contribution in [3.63, 3.8) is 0 Å². The monoisotopic (exact) mass is 385 g/mol. The van der Waals surface area contributed by atoms with Crippen molar-refractivity contribution in [2.24, 2.45) is 11.8 Å². The van der Waals surface area contributed by atoms with E-state index in [1.165, 1.54) is 0 Å². The first-order valence-corrected chi connectivity index (χ1v) is 10.3. The van der Waals surface area contributed by atoms with E-state index < -0.39 is 5.60 Å². The fourth-order valence-corrected chi connectivity index (χ4v) is 6.09. The minimum atomic E-state index is -0.436. The van der Waals surface area contributed by atoms with Gasteiger partial charge in [0.25, 0.3) is 5.91 Å². The van der Waals surface area contributed by atoms with Crippen molar-refractivity contribution in [1.82, 2.24) is 15.2 Å². The largest absolute Gasteiger partial charge is 0.443 e. The van der Waals surface area contributed by atoms with Crippen LogP contribution in [-0.4, -0.2) is 59.3 Å². The predicted molar refractivity (Wildman–Crippen MR) is 101 cm³/mol. The van der Waals surface area contributed by atoms with Gasteiger partial charge < -0.3 is 19.7 Å². The summed E-state index contributed by atoms with van der Waals surface area (Å²) in [6, 6.07) is 5.50. The van der Waals surface area contributed by atoms with E-state index in [0.29, 0.717) is 43.8 Å². The molecule has 150 valence electrons. The fourth-order valence-electron chi connectivity index (χ4n) is 6.09. The Morgan fingerprint density at radius 3 is 2.86 bits per heavy atom. The van der Waals surface area contributed by atoms with Gasteiger partial charge in [0, 0.05) is 30.7 Å². The minimum Gasteiger partial charge on any atom is -0.443 e. The molecule has 1 aliphatic heterocycles. The molecule has 4 saturated carbocycles. The highest BCUT2D eigenvalue weighted by Gasteiger charge is 2.66. The molecule has 2 amide bonds. The van der Waals surface area contributed by atoms with E-state index in [1.807, 2.05) is 19.1 Å². The van der Waals surface area contributed by atoms with Gasteiger partial charge in [-0.1, -0.05) is 6.07 Å². The molecular weight excluding hydrogens is 358 g/mol. The van der Waals surface area contributed by atoms with Crippen LogP contribution in [0.5, 0.6) is 0 Å². The molecule has 4 atom stereocenters. The molecule has 0 radical (unpaired) electrons. The first-order chi connectivity index (χ1) is 13.5. The molecule has 2 heterocycles. The molecule has 1 aromatic heterocycles. The number of hydrogen-bond donors (Lipinski definition) is 1. The van der Waals surface area contributed by atoms with Gasteiger partial charge >= 0.3 is 6.09 Å². The summed E-state index contributed by atoms with van der Waals surface area (Å²) in [6.07, 6.45) is 4.34. The number of pyridine rings is 1. The first-order valence-electron chi connectivity index (χ1n) is 10.3. The van der Waals surface area contributed by atoms with Crippen LogP contribution in [0.2, 0.25) is 0 Å². The van der Waals surface area contributed by atoms with Gasteiger partial charge in [-0.15, -0.1) is 0 Å². The summed E-state index contributed by atoms with van der Waals surface area (Å²) < 4.78 is 11.4. The maximum absolute atomic E-state index is 12.9. The Morgan fingerprint density at radius 2 is 2.07 bits per heavy atom. The third kappa shape index (κ3) is 2.96. The average Bonchev–Trinajstić information content (AvgIpc) is 3.03. The number of ether oxygens (including phenoxy) is 2. The van der Waals surface area contributed by atoms with Crippen molar-refractivity contribution in [1.29, 1.82) is 0 Å². The molecule has 1 N–H and O–H groups in total. The molecule has 4 unspecified atom stereocenters. The molecule has 7 nitrogen and oxygen atoms in total. The summed E-state index contributed by atoms with van der Waals surface area (Å²) in [6.45, 7) is 4.19. The molecule has 28 heavy (non-hydrogen) atoms. The van der Waals surface area contributed by atoms with Crippen LogP contribution in [0.15, 0.2) is 18.2 Å². The first kappa shape index (κ1) is 17.9. The Labute approximate surface area is 164 Å². The van der Waals surface area contributed by atoms with Gasteiger partial charge in [-0.2, -0.15) is 0 Å². The zero-order valence-corrected chi connectivity index (χ0v) is 16.3. The van der Waals surface area contributed by atoms with Crippen molar-refractivity contribution in [2.45, 2.75) is 50.2 Å². The summed E-state index contributed by atoms with van der Waals surface area (Å²) in [5.41, 5.74) is 0.587. The number of nitrogens with zero attached hydrogens (tertiary/aromatic N) is 2. The van der Waals surface area contributed by atoms with Gasteiger partial charge in [0.1, 0.15) is 11.3 Å². The highest BCUT2D eigenvalue weighted by molar-refractivity contribution is 5.93. The topological polar surface area (TPSA) is 80.8 Å². The molecule has 1 saturated heterocycles. The number of hydrogen-bond acceptors (Lipinski definition) is 5. The normalized spacial score (nSPS) is 35.8. The summed E-state index contributed by atoms with van der Waals surface area (Å²) in [4.78, 5) is 31.7. The number of aromatic nitrogens is 1. The summed E-state index contributed by atoms with van der Waals surface area (Å²) in [5, 5.41) is 3.31. The van der Waals surface area contributed by atoms with Crippen LogP contribution in [0.4, 0.5) is 4.79 Å². The van der Waals surface area contributed by atoms with Gasteiger partial charge in [-0.3, -0.25) is 4.79 Å². The lowest BCUT2D eigenvalue weighted by atomic mass is 9.77. The molecule has 0 aromatic carbocycles. The van der Waals surface area contributed by atoms with Gasteiger partial charge in [0.15, 0.2) is 0 Å². The molecule has 4 aliphatic carbocycles. The zero-order valence-electron chi connectivity index (χ0n) is 16.3. The van der Waals surface area contributed by atoms with Gasteiger partial charge in [-0.05, 0) is 56.6 Å². The SMILES string of the molecule is Cc1cccc(C(=O)NC23CC4CC2CC(OC(=O)N2CCOCC2)(C4)C3)n1. The van der Waals surface area contributed by atoms with Crippen LogP contribution in [0.1, 0.15) is 48.3 Å². The Morgan fingerprint density at radius 1 is 1.25 bits per heavy atom. The minimum absolute atomic E-state index is 0.119. The van der Waals surface area contributed by atoms with Crippen LogP contribution >= 0.6 is 0 Å². The Kier molecular flexibility index (Phi) is 4.12. The zero-order chi connectivity index (χ0) is 19.4. The van der Waals surface area contributed by atoms with Crippen LogP contribution < -0.4 is 5.32 Å². The third-order valence-corrected chi connectivity index (χ3v) is 7.03. The average molecular weight is 385 g/mol. The van der Waals surface area contributed by atoms with Crippen LogP contribution in [0.25, 0.3) is 0 Å². The second-order valence-electron chi connectivity index (χ2n) is 9.01. The Hall–Kier alpha value is -2.15. The molecule has 5 aliphatic rings. The maximum atomic E-state index is 12.9. The number of nitrogens with one attached hydrogen (secondary N) is 1. The second-order valence-corrected chi connectivity index (χ2v) is 9.01. The molecule has 7 heteroatoms. The van der Waals surface area contributed by atoms with Gasteiger partial charge in [0.05, 0.1) is 13.2 Å². The van der Waals surface area contributed by atoms with E-state index in [4.69, 9.17) is 9.47 Å². The highest BCUT2D eigenvalue weighted by Crippen LogP contribution is 2.63. The molecule has 1 aromatic rings. The highest BCUT2D eigenvalue weighted by atomic mass is 16.6. The van der Waals surface area contributed by atoms with E-state index in [1.54, 1.807) is 11.0 Å². The number of carbonyl (C=O) groups is 2. The number of rotatable bonds is 3. The number of morpholine rings is 1. The van der Waals surface area contributed by atoms with E-state index in [-0.39, 0.29) is 17.5 Å². The number of amides is 2. The van der Waals surface area contributed by atoms with E-state index in [9.17, 15) is 9.59 Å². The van der Waals surface area contributed by atoms with E-state index in [0.717, 1.165) is 37.8 Å². The van der Waals surface area contributed by atoms with Crippen molar-refractivity contribution in [3.05, 3.63) is 29.6 Å². The van der Waals surface area contributed by atoms with Crippen molar-refractivity contribution in [3.8, 4) is 0 Å². The van der Waals surface area contributed by atoms with Gasteiger partial charge in [0.2, 0.25) is 0 Å². The van der Waals surface area contributed by atoms with E-state index in [2.05, 4.69) is 10.3 Å². The smallest absolute Gasteiger partial charge is 0.410 e. The maximum Gasteiger partial charge on any atom is 0.410 e. The fraction of sp³-hybridized carbons (Fsp3) is 0.667. The van der Waals surface area contributed by atoms with Gasteiger partial charge in [-0.25, -0.2) is 9.78 Å². The van der Waals surface area contributed by atoms with Crippen molar-refractivity contribution < 1.29 is 19.1 Å². The quantitative estimate of drug-likeness (QED) is 0.863. The number of aryl methyl sites for hydroxylation is 1. The lowest BCUT2D eigenvalue weighted by Crippen LogP contribution is -2.53. The summed E-state index contributed by atoms with van der Waals surface area (Å²) in [7, 11) is 0. The predicted octanol–water partition coefficient (Wildman–Crippen LogP) is 2.29. The Balaban J connectivity index is 1.32. The van der Waals surface area contributed by atoms with Crippen molar-refractivity contribution >= 4 is 12.0 Å². The standard InChI is InChI=1S/C21H27N3O4/c1-14-3-2-4-17(22-14)18(25)23-21-11-15-9-16(21)12-20(10-15,13-21)28-19(26)24-5-7-27-8-6-24/h2-4,15-16H,5-13H2,1H3,(H,23,25). The Bertz CT molecular complexity index is 809. The molecule has 5 fully saturated rings. The second kappa shape index (κ2) is 6.44. The lowest BCUT2D eigenvalue weighted by Gasteiger charge is -2.41. The summed E-state index contributed by atoms with van der Waals surface area (Å²) in [5.74, 6) is 0.764. The number of carbonyl (C=O) groups excluding carboxylic acids is 2. The molecule has 0 spiro atoms. The van der Waals surface area contributed by atoms with Crippen LogP contribution in [0, 0.1) is 18.8 Å². The van der Waals surface area contributed by atoms with Crippen molar-refractivity contribution in [2.75, 3.05) is 26.3 Å². The summed E-state index contributed by atoms with van der Waals surface area (Å²) >= 11 is 0. The molecule has 6 rings (SSSR count). The third-order valence-electron chi connectivity index (χ3n) is 7.03. The van der Waals surface area contributed by atoms with Crippen LogP contribution in [-0.2, 0) is 9.47 Å². The van der Waals surface area contributed by atoms with Crippen LogP contribution in [0.3, 0.4) is 0 Å². The molecule has 4 bridgehead atoms. The molecular formula is C21H27N3O4. The van der Waals surface area contributed by atoms with E-state index >= 15 is 0 Å².